The van der Waals surface area contributed by atoms with E-state index in [9.17, 15) is 8.42 Å². The molecule has 0 atom stereocenters. The average molecular weight is 293 g/mol. The van der Waals surface area contributed by atoms with Gasteiger partial charge in [0.15, 0.2) is 0 Å². The van der Waals surface area contributed by atoms with Gasteiger partial charge in [-0.25, -0.2) is 0 Å². The first kappa shape index (κ1) is 18.9. The zero-order valence-corrected chi connectivity index (χ0v) is 13.4. The van der Waals surface area contributed by atoms with Gasteiger partial charge in [0.1, 0.15) is 0 Å². The molecular formula is C14H31NO3S. The summed E-state index contributed by atoms with van der Waals surface area (Å²) >= 11 is 0. The van der Waals surface area contributed by atoms with Gasteiger partial charge < -0.3 is 0 Å². The minimum atomic E-state index is -3.49. The van der Waals surface area contributed by atoms with E-state index in [-0.39, 0.29) is 0 Å². The molecule has 0 heterocycles. The van der Waals surface area contributed by atoms with Gasteiger partial charge >= 0.3 is 10.3 Å². The molecule has 0 bridgehead atoms. The van der Waals surface area contributed by atoms with Crippen LogP contribution in [-0.4, -0.2) is 21.6 Å². The predicted molar refractivity (Wildman–Crippen MR) is 80.4 cm³/mol. The summed E-state index contributed by atoms with van der Waals surface area (Å²) < 4.78 is 29.4. The van der Waals surface area contributed by atoms with E-state index in [4.69, 9.17) is 4.18 Å². The van der Waals surface area contributed by atoms with Crippen molar-refractivity contribution < 1.29 is 12.6 Å². The normalized spacial score (nSPS) is 11.9. The van der Waals surface area contributed by atoms with Crippen molar-refractivity contribution in [2.24, 2.45) is 0 Å². The third-order valence-electron chi connectivity index (χ3n) is 3.06. The third kappa shape index (κ3) is 14.1. The van der Waals surface area contributed by atoms with Crippen molar-refractivity contribution in [1.82, 2.24) is 4.72 Å². The van der Waals surface area contributed by atoms with E-state index in [0.29, 0.717) is 13.2 Å². The number of rotatable bonds is 14. The van der Waals surface area contributed by atoms with Gasteiger partial charge in [0.2, 0.25) is 0 Å². The predicted octanol–water partition coefficient (Wildman–Crippen LogP) is 3.78. The van der Waals surface area contributed by atoms with Crippen LogP contribution < -0.4 is 4.72 Å². The molecule has 0 unspecified atom stereocenters. The summed E-state index contributed by atoms with van der Waals surface area (Å²) in [6.07, 6.45) is 12.3. The molecular weight excluding hydrogens is 262 g/mol. The van der Waals surface area contributed by atoms with Crippen molar-refractivity contribution in [2.75, 3.05) is 13.2 Å². The Morgan fingerprint density at radius 2 is 1.26 bits per heavy atom. The van der Waals surface area contributed by atoms with Gasteiger partial charge in [0, 0.05) is 6.54 Å². The third-order valence-corrected chi connectivity index (χ3v) is 4.18. The molecule has 0 aromatic rings. The van der Waals surface area contributed by atoms with Crippen molar-refractivity contribution >= 4 is 10.3 Å². The molecule has 116 valence electrons. The number of hydrogen-bond acceptors (Lipinski definition) is 3. The van der Waals surface area contributed by atoms with Crippen LogP contribution in [0.3, 0.4) is 0 Å². The first-order valence-corrected chi connectivity index (χ1v) is 9.17. The van der Waals surface area contributed by atoms with Crippen LogP contribution in [0.4, 0.5) is 0 Å². The van der Waals surface area contributed by atoms with Crippen molar-refractivity contribution in [1.29, 1.82) is 0 Å². The Bertz CT molecular complexity index is 278. The molecule has 0 saturated heterocycles. The summed E-state index contributed by atoms with van der Waals surface area (Å²) in [5, 5.41) is 0. The lowest BCUT2D eigenvalue weighted by atomic mass is 10.1. The molecule has 0 radical (unpaired) electrons. The highest BCUT2D eigenvalue weighted by Crippen LogP contribution is 2.10. The minimum absolute atomic E-state index is 0.297. The minimum Gasteiger partial charge on any atom is -0.258 e. The van der Waals surface area contributed by atoms with Crippen molar-refractivity contribution in [2.45, 2.75) is 78.1 Å². The molecule has 0 fully saturated rings. The van der Waals surface area contributed by atoms with Crippen LogP contribution in [0.15, 0.2) is 0 Å². The second kappa shape index (κ2) is 12.9. The molecule has 19 heavy (non-hydrogen) atoms. The Labute approximate surface area is 119 Å². The highest BCUT2D eigenvalue weighted by molar-refractivity contribution is 7.84. The van der Waals surface area contributed by atoms with Crippen LogP contribution >= 0.6 is 0 Å². The van der Waals surface area contributed by atoms with Gasteiger partial charge in [-0.3, -0.25) is 4.18 Å². The lowest BCUT2D eigenvalue weighted by Gasteiger charge is -2.05. The van der Waals surface area contributed by atoms with E-state index in [1.165, 1.54) is 51.4 Å². The summed E-state index contributed by atoms with van der Waals surface area (Å²) in [6, 6.07) is 0. The van der Waals surface area contributed by atoms with E-state index >= 15 is 0 Å². The highest BCUT2D eigenvalue weighted by atomic mass is 32.2. The molecule has 0 rings (SSSR count). The maximum atomic E-state index is 11.2. The molecule has 1 N–H and O–H groups in total. The Morgan fingerprint density at radius 3 is 1.74 bits per heavy atom. The fourth-order valence-electron chi connectivity index (χ4n) is 1.98. The molecule has 0 saturated carbocycles. The van der Waals surface area contributed by atoms with Crippen molar-refractivity contribution in [3.05, 3.63) is 0 Å². The second-order valence-corrected chi connectivity index (χ2v) is 6.39. The molecule has 4 nitrogen and oxygen atoms in total. The molecule has 0 aromatic heterocycles. The average Bonchev–Trinajstić information content (AvgIpc) is 2.36. The standard InChI is InChI=1S/C14H31NO3S/c1-3-5-6-7-8-9-10-11-12-13-14-18-19(16,17)15-4-2/h15H,3-14H2,1-2H3. The molecule has 0 amide bonds. The van der Waals surface area contributed by atoms with Crippen LogP contribution in [0.5, 0.6) is 0 Å². The summed E-state index contributed by atoms with van der Waals surface area (Å²) in [5.41, 5.74) is 0. The fraction of sp³-hybridized carbons (Fsp3) is 1.00. The summed E-state index contributed by atoms with van der Waals surface area (Å²) in [5.74, 6) is 0. The van der Waals surface area contributed by atoms with Crippen molar-refractivity contribution in [3.63, 3.8) is 0 Å². The molecule has 0 aliphatic rings. The Kier molecular flexibility index (Phi) is 12.8. The van der Waals surface area contributed by atoms with E-state index < -0.39 is 10.3 Å². The smallest absolute Gasteiger partial charge is 0.258 e. The molecule has 0 aromatic carbocycles. The summed E-state index contributed by atoms with van der Waals surface area (Å²) in [6.45, 7) is 4.64. The lowest BCUT2D eigenvalue weighted by Crippen LogP contribution is -2.25. The molecule has 0 aliphatic carbocycles. The first-order chi connectivity index (χ1) is 9.12. The van der Waals surface area contributed by atoms with E-state index in [1.807, 2.05) is 0 Å². The Balaban J connectivity index is 3.19. The number of hydrogen-bond donors (Lipinski definition) is 1. The zero-order valence-electron chi connectivity index (χ0n) is 12.6. The number of nitrogens with one attached hydrogen (secondary N) is 1. The first-order valence-electron chi connectivity index (χ1n) is 7.76. The second-order valence-electron chi connectivity index (χ2n) is 4.96. The van der Waals surface area contributed by atoms with Crippen LogP contribution in [0, 0.1) is 0 Å². The maximum absolute atomic E-state index is 11.2. The Morgan fingerprint density at radius 1 is 0.789 bits per heavy atom. The van der Waals surface area contributed by atoms with Crippen molar-refractivity contribution in [3.8, 4) is 0 Å². The fourth-order valence-corrected chi connectivity index (χ4v) is 2.75. The van der Waals surface area contributed by atoms with Gasteiger partial charge in [0.25, 0.3) is 0 Å². The maximum Gasteiger partial charge on any atom is 0.335 e. The topological polar surface area (TPSA) is 55.4 Å². The van der Waals surface area contributed by atoms with E-state index in [2.05, 4.69) is 11.6 Å². The largest absolute Gasteiger partial charge is 0.335 e. The highest BCUT2D eigenvalue weighted by Gasteiger charge is 2.07. The van der Waals surface area contributed by atoms with Gasteiger partial charge in [-0.15, -0.1) is 0 Å². The molecule has 0 aliphatic heterocycles. The molecule has 5 heteroatoms. The Hall–Kier alpha value is -0.130. The van der Waals surface area contributed by atoms with Crippen LogP contribution in [0.1, 0.15) is 78.1 Å². The van der Waals surface area contributed by atoms with Gasteiger partial charge in [-0.1, -0.05) is 71.6 Å². The zero-order chi connectivity index (χ0) is 14.4. The van der Waals surface area contributed by atoms with Gasteiger partial charge in [-0.05, 0) is 6.42 Å². The van der Waals surface area contributed by atoms with E-state index in [0.717, 1.165) is 12.8 Å². The molecule has 0 spiro atoms. The van der Waals surface area contributed by atoms with Gasteiger partial charge in [0.05, 0.1) is 6.61 Å². The van der Waals surface area contributed by atoms with Crippen LogP contribution in [-0.2, 0) is 14.5 Å². The summed E-state index contributed by atoms with van der Waals surface area (Å²) in [7, 11) is -3.49. The van der Waals surface area contributed by atoms with E-state index in [1.54, 1.807) is 6.92 Å². The van der Waals surface area contributed by atoms with Crippen LogP contribution in [0.2, 0.25) is 0 Å². The summed E-state index contributed by atoms with van der Waals surface area (Å²) in [4.78, 5) is 0. The quantitative estimate of drug-likeness (QED) is 0.496. The van der Waals surface area contributed by atoms with Gasteiger partial charge in [-0.2, -0.15) is 13.1 Å². The number of unbranched alkanes of at least 4 members (excludes halogenated alkanes) is 9. The SMILES string of the molecule is CCCCCCCCCCCCOS(=O)(=O)NCC. The lowest BCUT2D eigenvalue weighted by molar-refractivity contribution is 0.300. The van der Waals surface area contributed by atoms with Crippen LogP contribution in [0.25, 0.3) is 0 Å². The monoisotopic (exact) mass is 293 g/mol.